The molecule has 0 aliphatic heterocycles. The van der Waals surface area contributed by atoms with E-state index in [1.54, 1.807) is 6.08 Å². The number of hydrogen-bond acceptors (Lipinski definition) is 6. The molecule has 0 rings (SSSR count). The summed E-state index contributed by atoms with van der Waals surface area (Å²) in [6.45, 7) is 4.67. The Bertz CT molecular complexity index is 942. The Morgan fingerprint density at radius 1 is 0.596 bits per heavy atom. The molecule has 340 valence electrons. The number of rotatable bonds is 45. The van der Waals surface area contributed by atoms with Crippen molar-refractivity contribution in [2.45, 2.75) is 251 Å². The number of hydrogen-bond donors (Lipinski definition) is 2. The molecule has 0 heterocycles. The van der Waals surface area contributed by atoms with E-state index in [1.807, 2.05) is 27.2 Å². The Morgan fingerprint density at radius 2 is 0.947 bits per heavy atom. The number of unbranched alkanes of at least 4 members (excludes halogenated alkanes) is 32. The van der Waals surface area contributed by atoms with Gasteiger partial charge in [-0.05, 0) is 19.3 Å². The molecule has 2 N–H and O–H groups in total. The fraction of sp³-hybridized carbons (Fsp3) is 0.938. The lowest BCUT2D eigenvalue weighted by Crippen LogP contribution is -2.45. The summed E-state index contributed by atoms with van der Waals surface area (Å²) in [4.78, 5) is 25.3. The molecule has 0 aromatic carbocycles. The lowest BCUT2D eigenvalue weighted by Gasteiger charge is -2.29. The largest absolute Gasteiger partial charge is 0.756 e. The standard InChI is InChI=1S/C48H97N2O6P/c1-6-8-10-12-14-16-18-20-21-22-23-24-25-26-27-28-30-32-34-36-38-40-42-48(52)49-46(45-56-57(53,54)55-44-43-50(3,4)5)47(51)41-39-37-35-33-31-29-19-17-15-13-11-9-7-2/h39,41,46-47,51H,6-38,40,42-45H2,1-5H3,(H-,49,52,53,54)/b41-39+. The van der Waals surface area contributed by atoms with Gasteiger partial charge in [0.05, 0.1) is 39.9 Å². The Morgan fingerprint density at radius 3 is 1.32 bits per heavy atom. The minimum atomic E-state index is -4.58. The lowest BCUT2D eigenvalue weighted by molar-refractivity contribution is -0.870. The van der Waals surface area contributed by atoms with E-state index in [0.29, 0.717) is 17.4 Å². The van der Waals surface area contributed by atoms with E-state index in [-0.39, 0.29) is 19.1 Å². The predicted molar refractivity (Wildman–Crippen MR) is 242 cm³/mol. The number of carbonyl (C=O) groups is 1. The highest BCUT2D eigenvalue weighted by Gasteiger charge is 2.23. The van der Waals surface area contributed by atoms with Gasteiger partial charge in [-0.25, -0.2) is 0 Å². The second kappa shape index (κ2) is 40.6. The van der Waals surface area contributed by atoms with Gasteiger partial charge in [0, 0.05) is 6.42 Å². The van der Waals surface area contributed by atoms with Gasteiger partial charge in [-0.1, -0.05) is 225 Å². The van der Waals surface area contributed by atoms with Crippen molar-refractivity contribution in [2.75, 3.05) is 40.9 Å². The number of aliphatic hydroxyl groups is 1. The summed E-state index contributed by atoms with van der Waals surface area (Å²) in [5.74, 6) is -0.193. The second-order valence-corrected chi connectivity index (χ2v) is 19.6. The van der Waals surface area contributed by atoms with Gasteiger partial charge >= 0.3 is 0 Å². The van der Waals surface area contributed by atoms with Crippen molar-refractivity contribution in [3.05, 3.63) is 12.2 Å². The van der Waals surface area contributed by atoms with Crippen LogP contribution in [-0.2, 0) is 18.4 Å². The van der Waals surface area contributed by atoms with Gasteiger partial charge in [0.15, 0.2) is 0 Å². The van der Waals surface area contributed by atoms with Crippen LogP contribution in [0.25, 0.3) is 0 Å². The summed E-state index contributed by atoms with van der Waals surface area (Å²) in [7, 11) is 1.27. The van der Waals surface area contributed by atoms with Gasteiger partial charge in [0.2, 0.25) is 5.91 Å². The van der Waals surface area contributed by atoms with E-state index in [0.717, 1.165) is 38.5 Å². The van der Waals surface area contributed by atoms with Crippen molar-refractivity contribution >= 4 is 13.7 Å². The summed E-state index contributed by atoms with van der Waals surface area (Å²) in [6, 6.07) is -0.880. The van der Waals surface area contributed by atoms with Crippen molar-refractivity contribution in [3.63, 3.8) is 0 Å². The van der Waals surface area contributed by atoms with Crippen molar-refractivity contribution in [3.8, 4) is 0 Å². The first kappa shape index (κ1) is 56.2. The zero-order valence-corrected chi connectivity index (χ0v) is 39.5. The minimum Gasteiger partial charge on any atom is -0.756 e. The van der Waals surface area contributed by atoms with Crippen LogP contribution in [0.15, 0.2) is 12.2 Å². The van der Waals surface area contributed by atoms with Crippen LogP contribution in [0.1, 0.15) is 239 Å². The summed E-state index contributed by atoms with van der Waals surface area (Å²) in [5.41, 5.74) is 0. The molecule has 0 saturated carbocycles. The number of nitrogens with zero attached hydrogens (tertiary/aromatic N) is 1. The number of allylic oxidation sites excluding steroid dienone is 1. The first-order valence-electron chi connectivity index (χ1n) is 24.6. The number of phosphoric acid groups is 1. The smallest absolute Gasteiger partial charge is 0.268 e. The normalized spacial score (nSPS) is 14.3. The number of aliphatic hydroxyl groups excluding tert-OH is 1. The zero-order chi connectivity index (χ0) is 42.1. The molecule has 0 saturated heterocycles. The highest BCUT2D eigenvalue weighted by atomic mass is 31.2. The van der Waals surface area contributed by atoms with Crippen molar-refractivity contribution in [1.29, 1.82) is 0 Å². The summed E-state index contributed by atoms with van der Waals surface area (Å²) in [5, 5.41) is 13.8. The Kier molecular flexibility index (Phi) is 40.1. The van der Waals surface area contributed by atoms with E-state index in [1.165, 1.54) is 180 Å². The molecule has 3 unspecified atom stereocenters. The number of phosphoric ester groups is 1. The van der Waals surface area contributed by atoms with Crippen molar-refractivity contribution in [1.82, 2.24) is 5.32 Å². The van der Waals surface area contributed by atoms with E-state index >= 15 is 0 Å². The van der Waals surface area contributed by atoms with Gasteiger partial charge in [0.1, 0.15) is 13.2 Å². The highest BCUT2D eigenvalue weighted by Crippen LogP contribution is 2.38. The molecule has 0 fully saturated rings. The van der Waals surface area contributed by atoms with Gasteiger partial charge in [-0.3, -0.25) is 9.36 Å². The summed E-state index contributed by atoms with van der Waals surface area (Å²) in [6.07, 6.45) is 46.9. The zero-order valence-electron chi connectivity index (χ0n) is 38.6. The molecule has 0 aliphatic rings. The second-order valence-electron chi connectivity index (χ2n) is 18.2. The van der Waals surface area contributed by atoms with Crippen LogP contribution >= 0.6 is 7.82 Å². The topological polar surface area (TPSA) is 108 Å². The molecule has 57 heavy (non-hydrogen) atoms. The van der Waals surface area contributed by atoms with Crippen LogP contribution in [0, 0.1) is 0 Å². The van der Waals surface area contributed by atoms with Gasteiger partial charge in [0.25, 0.3) is 7.82 Å². The van der Waals surface area contributed by atoms with Crippen LogP contribution in [0.4, 0.5) is 0 Å². The fourth-order valence-corrected chi connectivity index (χ4v) is 8.05. The van der Waals surface area contributed by atoms with Gasteiger partial charge in [-0.15, -0.1) is 0 Å². The lowest BCUT2D eigenvalue weighted by atomic mass is 10.0. The van der Waals surface area contributed by atoms with E-state index in [4.69, 9.17) is 9.05 Å². The monoisotopic (exact) mass is 829 g/mol. The Hall–Kier alpha value is -0.760. The maximum absolute atomic E-state index is 12.9. The molecule has 1 amide bonds. The van der Waals surface area contributed by atoms with Gasteiger partial charge < -0.3 is 28.8 Å². The summed E-state index contributed by atoms with van der Waals surface area (Å²) >= 11 is 0. The van der Waals surface area contributed by atoms with Crippen LogP contribution in [0.5, 0.6) is 0 Å². The molecular weight excluding hydrogens is 732 g/mol. The van der Waals surface area contributed by atoms with Crippen molar-refractivity contribution < 1.29 is 32.9 Å². The maximum atomic E-state index is 12.9. The summed E-state index contributed by atoms with van der Waals surface area (Å²) < 4.78 is 23.2. The minimum absolute atomic E-state index is 0.00221. The maximum Gasteiger partial charge on any atom is 0.268 e. The van der Waals surface area contributed by atoms with Crippen LogP contribution in [0.3, 0.4) is 0 Å². The molecule has 0 aromatic heterocycles. The third-order valence-electron chi connectivity index (χ3n) is 11.2. The molecule has 0 aliphatic carbocycles. The number of carbonyl (C=O) groups excluding carboxylic acids is 1. The molecule has 0 aromatic rings. The molecule has 0 bridgehead atoms. The SMILES string of the molecule is CCCCCCCCCCCCC/C=C/C(O)C(COP(=O)([O-])OCC[N+](C)(C)C)NC(=O)CCCCCCCCCCCCCCCCCCCCCCCC. The Labute approximate surface area is 354 Å². The number of quaternary nitrogens is 1. The van der Waals surface area contributed by atoms with Crippen LogP contribution < -0.4 is 10.2 Å². The molecule has 0 spiro atoms. The third kappa shape index (κ3) is 43.1. The predicted octanol–water partition coefficient (Wildman–Crippen LogP) is 13.3. The third-order valence-corrected chi connectivity index (χ3v) is 12.2. The first-order chi connectivity index (χ1) is 27.5. The number of amides is 1. The van der Waals surface area contributed by atoms with E-state index in [9.17, 15) is 19.4 Å². The molecule has 8 nitrogen and oxygen atoms in total. The Balaban J connectivity index is 4.23. The first-order valence-corrected chi connectivity index (χ1v) is 26.0. The van der Waals surface area contributed by atoms with Crippen LogP contribution in [0.2, 0.25) is 0 Å². The fourth-order valence-electron chi connectivity index (χ4n) is 7.33. The number of likely N-dealkylation sites (N-methyl/N-ethyl adjacent to an activating group) is 1. The quantitative estimate of drug-likeness (QED) is 0.0274. The van der Waals surface area contributed by atoms with Gasteiger partial charge in [-0.2, -0.15) is 0 Å². The molecule has 0 radical (unpaired) electrons. The molecule has 9 heteroatoms. The molecular formula is C48H97N2O6P. The van der Waals surface area contributed by atoms with E-state index in [2.05, 4.69) is 19.2 Å². The van der Waals surface area contributed by atoms with E-state index < -0.39 is 20.0 Å². The number of nitrogens with one attached hydrogen (secondary N) is 1. The van der Waals surface area contributed by atoms with Crippen molar-refractivity contribution in [2.24, 2.45) is 0 Å². The highest BCUT2D eigenvalue weighted by molar-refractivity contribution is 7.45. The van der Waals surface area contributed by atoms with Crippen LogP contribution in [-0.4, -0.2) is 68.5 Å². The average Bonchev–Trinajstić information content (AvgIpc) is 3.16. The molecule has 3 atom stereocenters. The average molecular weight is 829 g/mol.